The Balaban J connectivity index is 1.33. The number of unbranched alkanes of at least 4 members (excludes halogenated alkanes) is 3. The topological polar surface area (TPSA) is 135 Å². The molecule has 0 heterocycles. The van der Waals surface area contributed by atoms with Crippen LogP contribution in [0.15, 0.2) is 60.7 Å². The normalized spacial score (nSPS) is 10.3. The maximum Gasteiger partial charge on any atom is 0.407 e. The molecule has 0 aromatic heterocycles. The Morgan fingerprint density at radius 3 is 1.20 bits per heavy atom. The van der Waals surface area contributed by atoms with E-state index >= 15 is 0 Å². The summed E-state index contributed by atoms with van der Waals surface area (Å²) in [5.41, 5.74) is 1.86. The standard InChI is InChI=1S/C30H42N4O6/c35-27(31-19-9-11-21-33-29(37)39-23-25-13-3-1-4-14-25)17-7-8-18-28(36)32-20-10-12-22-34-30(38)40-24-26-15-5-2-6-16-26/h1-6,13-16H,7-12,17-24H2,(H,31,35)(H,32,36)(H,33,37)(H,34,38). The van der Waals surface area contributed by atoms with Gasteiger partial charge in [-0.15, -0.1) is 0 Å². The van der Waals surface area contributed by atoms with E-state index in [1.807, 2.05) is 60.7 Å². The lowest BCUT2D eigenvalue weighted by molar-refractivity contribution is -0.123. The molecule has 0 unspecified atom stereocenters. The van der Waals surface area contributed by atoms with E-state index in [9.17, 15) is 19.2 Å². The number of benzene rings is 2. The van der Waals surface area contributed by atoms with Crippen LogP contribution >= 0.6 is 0 Å². The lowest BCUT2D eigenvalue weighted by Crippen LogP contribution is -2.28. The molecule has 2 aromatic carbocycles. The van der Waals surface area contributed by atoms with Crippen molar-refractivity contribution in [1.29, 1.82) is 0 Å². The number of hydrogen-bond acceptors (Lipinski definition) is 6. The van der Waals surface area contributed by atoms with Crippen molar-refractivity contribution in [3.63, 3.8) is 0 Å². The summed E-state index contributed by atoms with van der Waals surface area (Å²) < 4.78 is 10.3. The van der Waals surface area contributed by atoms with Crippen molar-refractivity contribution >= 4 is 24.0 Å². The molecule has 2 rings (SSSR count). The first-order valence-corrected chi connectivity index (χ1v) is 14.0. The molecule has 0 radical (unpaired) electrons. The second-order valence-corrected chi connectivity index (χ2v) is 9.30. The summed E-state index contributed by atoms with van der Waals surface area (Å²) in [6.45, 7) is 2.52. The molecular formula is C30H42N4O6. The zero-order valence-corrected chi connectivity index (χ0v) is 23.1. The summed E-state index contributed by atoms with van der Waals surface area (Å²) in [5.74, 6) is -0.0733. The lowest BCUT2D eigenvalue weighted by atomic mass is 10.1. The zero-order valence-electron chi connectivity index (χ0n) is 23.1. The van der Waals surface area contributed by atoms with Gasteiger partial charge in [-0.2, -0.15) is 0 Å². The fourth-order valence-corrected chi connectivity index (χ4v) is 3.63. The molecule has 218 valence electrons. The van der Waals surface area contributed by atoms with Crippen LogP contribution in [0.1, 0.15) is 62.5 Å². The molecule has 0 aliphatic heterocycles. The van der Waals surface area contributed by atoms with E-state index in [2.05, 4.69) is 21.3 Å². The molecule has 10 nitrogen and oxygen atoms in total. The SMILES string of the molecule is O=C(CCCCC(=O)NCCCCNC(=O)OCc1ccccc1)NCCCCNC(=O)OCc1ccccc1. The van der Waals surface area contributed by atoms with Gasteiger partial charge in [0.1, 0.15) is 13.2 Å². The third-order valence-corrected chi connectivity index (χ3v) is 5.87. The third kappa shape index (κ3) is 16.7. The first kappa shape index (κ1) is 32.1. The van der Waals surface area contributed by atoms with Crippen molar-refractivity contribution in [2.75, 3.05) is 26.2 Å². The summed E-state index contributed by atoms with van der Waals surface area (Å²) in [7, 11) is 0. The predicted octanol–water partition coefficient (Wildman–Crippen LogP) is 4.19. The molecule has 0 fully saturated rings. The number of hydrogen-bond donors (Lipinski definition) is 4. The van der Waals surface area contributed by atoms with Crippen molar-refractivity contribution in [1.82, 2.24) is 21.3 Å². The van der Waals surface area contributed by atoms with Crippen molar-refractivity contribution in [3.8, 4) is 0 Å². The van der Waals surface area contributed by atoms with Crippen LogP contribution in [0.5, 0.6) is 0 Å². The van der Waals surface area contributed by atoms with E-state index in [1.165, 1.54) is 0 Å². The molecule has 0 atom stereocenters. The summed E-state index contributed by atoms with van der Waals surface area (Å²) in [6.07, 6.45) is 4.09. The highest BCUT2D eigenvalue weighted by atomic mass is 16.6. The fourth-order valence-electron chi connectivity index (χ4n) is 3.63. The largest absolute Gasteiger partial charge is 0.445 e. The second-order valence-electron chi connectivity index (χ2n) is 9.30. The van der Waals surface area contributed by atoms with Gasteiger partial charge in [-0.1, -0.05) is 60.7 Å². The van der Waals surface area contributed by atoms with E-state index in [4.69, 9.17) is 9.47 Å². The van der Waals surface area contributed by atoms with Crippen molar-refractivity contribution < 1.29 is 28.7 Å². The Hall–Kier alpha value is -4.08. The number of rotatable bonds is 19. The molecule has 4 N–H and O–H groups in total. The average Bonchev–Trinajstić information content (AvgIpc) is 2.97. The summed E-state index contributed by atoms with van der Waals surface area (Å²) in [4.78, 5) is 47.3. The van der Waals surface area contributed by atoms with Gasteiger partial charge in [0, 0.05) is 39.0 Å². The zero-order chi connectivity index (χ0) is 28.7. The molecule has 0 spiro atoms. The van der Waals surface area contributed by atoms with Crippen molar-refractivity contribution in [3.05, 3.63) is 71.8 Å². The van der Waals surface area contributed by atoms with Crippen LogP contribution < -0.4 is 21.3 Å². The van der Waals surface area contributed by atoms with E-state index in [0.717, 1.165) is 36.8 Å². The maximum absolute atomic E-state index is 11.9. The van der Waals surface area contributed by atoms with Gasteiger partial charge in [0.05, 0.1) is 0 Å². The number of carbonyl (C=O) groups excluding carboxylic acids is 4. The minimum absolute atomic E-state index is 0.0366. The molecule has 0 aliphatic carbocycles. The van der Waals surface area contributed by atoms with E-state index in [1.54, 1.807) is 0 Å². The molecule has 0 aliphatic rings. The minimum Gasteiger partial charge on any atom is -0.445 e. The Morgan fingerprint density at radius 2 is 0.825 bits per heavy atom. The van der Waals surface area contributed by atoms with Crippen LogP contribution in [0.2, 0.25) is 0 Å². The van der Waals surface area contributed by atoms with Gasteiger partial charge in [-0.05, 0) is 49.7 Å². The second kappa shape index (κ2) is 20.8. The number of nitrogens with one attached hydrogen (secondary N) is 4. The molecule has 0 bridgehead atoms. The Bertz CT molecular complexity index is 922. The van der Waals surface area contributed by atoms with Crippen LogP contribution in [0.3, 0.4) is 0 Å². The molecule has 0 saturated heterocycles. The molecule has 40 heavy (non-hydrogen) atoms. The van der Waals surface area contributed by atoms with Gasteiger partial charge in [0.2, 0.25) is 11.8 Å². The lowest BCUT2D eigenvalue weighted by Gasteiger charge is -2.08. The minimum atomic E-state index is -0.453. The first-order valence-electron chi connectivity index (χ1n) is 14.0. The number of alkyl carbamates (subject to hydrolysis) is 2. The van der Waals surface area contributed by atoms with Crippen LogP contribution in [0.4, 0.5) is 9.59 Å². The van der Waals surface area contributed by atoms with Gasteiger partial charge in [0.15, 0.2) is 0 Å². The van der Waals surface area contributed by atoms with Gasteiger partial charge < -0.3 is 30.7 Å². The molecule has 10 heteroatoms. The highest BCUT2D eigenvalue weighted by molar-refractivity contribution is 5.77. The van der Waals surface area contributed by atoms with Crippen molar-refractivity contribution in [2.45, 2.75) is 64.6 Å². The summed E-state index contributed by atoms with van der Waals surface area (Å²) in [6, 6.07) is 18.9. The first-order chi connectivity index (χ1) is 19.5. The highest BCUT2D eigenvalue weighted by Crippen LogP contribution is 2.02. The quantitative estimate of drug-likeness (QED) is 0.192. The third-order valence-electron chi connectivity index (χ3n) is 5.87. The van der Waals surface area contributed by atoms with E-state index < -0.39 is 12.2 Å². The molecule has 0 saturated carbocycles. The smallest absolute Gasteiger partial charge is 0.407 e. The fraction of sp³-hybridized carbons (Fsp3) is 0.467. The predicted molar refractivity (Wildman–Crippen MR) is 152 cm³/mol. The van der Waals surface area contributed by atoms with E-state index in [-0.39, 0.29) is 25.0 Å². The highest BCUT2D eigenvalue weighted by Gasteiger charge is 2.06. The van der Waals surface area contributed by atoms with E-state index in [0.29, 0.717) is 51.9 Å². The summed E-state index contributed by atoms with van der Waals surface area (Å²) >= 11 is 0. The van der Waals surface area contributed by atoms with Crippen LogP contribution in [0, 0.1) is 0 Å². The van der Waals surface area contributed by atoms with Crippen molar-refractivity contribution in [2.24, 2.45) is 0 Å². The maximum atomic E-state index is 11.9. The molecular weight excluding hydrogens is 512 g/mol. The molecule has 4 amide bonds. The van der Waals surface area contributed by atoms with Crippen LogP contribution in [-0.4, -0.2) is 50.2 Å². The number of carbonyl (C=O) groups is 4. The number of ether oxygens (including phenoxy) is 2. The average molecular weight is 555 g/mol. The Kier molecular flexibility index (Phi) is 16.7. The summed E-state index contributed by atoms with van der Waals surface area (Å²) in [5, 5.41) is 11.1. The number of amides is 4. The van der Waals surface area contributed by atoms with Crippen LogP contribution in [0.25, 0.3) is 0 Å². The van der Waals surface area contributed by atoms with Gasteiger partial charge in [-0.3, -0.25) is 9.59 Å². The monoisotopic (exact) mass is 554 g/mol. The van der Waals surface area contributed by atoms with Gasteiger partial charge >= 0.3 is 12.2 Å². The van der Waals surface area contributed by atoms with Gasteiger partial charge in [-0.25, -0.2) is 9.59 Å². The van der Waals surface area contributed by atoms with Gasteiger partial charge in [0.25, 0.3) is 0 Å². The Labute approximate surface area is 236 Å². The Morgan fingerprint density at radius 1 is 0.475 bits per heavy atom. The van der Waals surface area contributed by atoms with Crippen LogP contribution in [-0.2, 0) is 32.3 Å². The molecule has 2 aromatic rings.